The van der Waals surface area contributed by atoms with E-state index in [1.807, 2.05) is 36.1 Å². The summed E-state index contributed by atoms with van der Waals surface area (Å²) in [5.41, 5.74) is 2.74. The van der Waals surface area contributed by atoms with Crippen LogP contribution in [0.5, 0.6) is 5.75 Å². The number of ether oxygens (including phenoxy) is 1. The molecule has 8 heteroatoms. The van der Waals surface area contributed by atoms with E-state index in [0.29, 0.717) is 42.1 Å². The van der Waals surface area contributed by atoms with Gasteiger partial charge in [0.05, 0.1) is 7.11 Å². The summed E-state index contributed by atoms with van der Waals surface area (Å²) in [6, 6.07) is 15.1. The van der Waals surface area contributed by atoms with E-state index in [4.69, 9.17) is 17.0 Å². The van der Waals surface area contributed by atoms with Crippen molar-refractivity contribution in [3.63, 3.8) is 0 Å². The number of carbonyl (C=O) groups is 2. The van der Waals surface area contributed by atoms with E-state index in [2.05, 4.69) is 10.2 Å². The van der Waals surface area contributed by atoms with Gasteiger partial charge in [-0.2, -0.15) is 5.10 Å². The first-order chi connectivity index (χ1) is 15.5. The average Bonchev–Trinajstić information content (AvgIpc) is 3.19. The van der Waals surface area contributed by atoms with Crippen LogP contribution in [0.1, 0.15) is 28.8 Å². The van der Waals surface area contributed by atoms with Gasteiger partial charge in [0.2, 0.25) is 5.91 Å². The fraction of sp³-hybridized carbons (Fsp3) is 0.333. The monoisotopic (exact) mass is 450 g/mol. The summed E-state index contributed by atoms with van der Waals surface area (Å²) in [4.78, 5) is 27.6. The maximum Gasteiger partial charge on any atom is 0.242 e. The van der Waals surface area contributed by atoms with E-state index in [1.165, 1.54) is 0 Å². The highest BCUT2D eigenvalue weighted by atomic mass is 32.1. The molecule has 0 radical (unpaired) electrons. The lowest BCUT2D eigenvalue weighted by atomic mass is 9.89. The van der Waals surface area contributed by atoms with Gasteiger partial charge in [-0.1, -0.05) is 29.8 Å². The molecule has 1 aromatic heterocycles. The Morgan fingerprint density at radius 1 is 1.09 bits per heavy atom. The number of likely N-dealkylation sites (tertiary alicyclic amines) is 1. The molecule has 1 fully saturated rings. The number of aromatic amines is 1. The lowest BCUT2D eigenvalue weighted by molar-refractivity contribution is -0.133. The molecule has 1 saturated heterocycles. The first kappa shape index (κ1) is 22.0. The molecule has 0 unspecified atom stereocenters. The Labute approximate surface area is 192 Å². The van der Waals surface area contributed by atoms with Gasteiger partial charge in [-0.15, -0.1) is 0 Å². The Morgan fingerprint density at radius 2 is 1.75 bits per heavy atom. The number of benzene rings is 2. The molecule has 0 saturated carbocycles. The molecule has 3 aromatic rings. The number of methoxy groups -OCH3 is 1. The van der Waals surface area contributed by atoms with E-state index in [0.717, 1.165) is 16.9 Å². The van der Waals surface area contributed by atoms with Crippen LogP contribution >= 0.6 is 12.2 Å². The maximum absolute atomic E-state index is 13.0. The molecule has 166 valence electrons. The lowest BCUT2D eigenvalue weighted by Gasteiger charge is -2.31. The molecule has 1 aliphatic rings. The summed E-state index contributed by atoms with van der Waals surface area (Å²) in [5, 5.41) is 7.11. The van der Waals surface area contributed by atoms with E-state index >= 15 is 0 Å². The van der Waals surface area contributed by atoms with Gasteiger partial charge in [-0.3, -0.25) is 19.3 Å². The number of hydrogen-bond donors (Lipinski definition) is 1. The van der Waals surface area contributed by atoms with Crippen LogP contribution in [0.2, 0.25) is 0 Å². The molecule has 2 aromatic carbocycles. The summed E-state index contributed by atoms with van der Waals surface area (Å²) in [6.07, 6.45) is 1.30. The summed E-state index contributed by atoms with van der Waals surface area (Å²) in [5.74, 6) is 1.40. The summed E-state index contributed by atoms with van der Waals surface area (Å²) in [6.45, 7) is 3.25. The third kappa shape index (κ3) is 4.65. The quantitative estimate of drug-likeness (QED) is 0.453. The molecule has 1 aliphatic heterocycles. The molecule has 0 aliphatic carbocycles. The van der Waals surface area contributed by atoms with E-state index in [9.17, 15) is 9.59 Å². The minimum absolute atomic E-state index is 0.0220. The second-order valence-electron chi connectivity index (χ2n) is 8.05. The van der Waals surface area contributed by atoms with Crippen molar-refractivity contribution < 1.29 is 14.3 Å². The highest BCUT2D eigenvalue weighted by Crippen LogP contribution is 2.24. The Morgan fingerprint density at radius 3 is 2.38 bits per heavy atom. The number of hydrogen-bond acceptors (Lipinski definition) is 5. The third-order valence-electron chi connectivity index (χ3n) is 5.95. The van der Waals surface area contributed by atoms with Crippen LogP contribution < -0.4 is 4.74 Å². The molecular weight excluding hydrogens is 424 g/mol. The first-order valence-corrected chi connectivity index (χ1v) is 11.1. The van der Waals surface area contributed by atoms with Crippen LogP contribution in [0.15, 0.2) is 48.5 Å². The molecule has 32 heavy (non-hydrogen) atoms. The predicted molar refractivity (Wildman–Crippen MR) is 124 cm³/mol. The van der Waals surface area contributed by atoms with E-state index < -0.39 is 0 Å². The van der Waals surface area contributed by atoms with Gasteiger partial charge in [0.15, 0.2) is 16.4 Å². The second-order valence-corrected chi connectivity index (χ2v) is 8.44. The zero-order valence-electron chi connectivity index (χ0n) is 18.2. The van der Waals surface area contributed by atoms with Crippen LogP contribution in [-0.2, 0) is 11.3 Å². The van der Waals surface area contributed by atoms with Gasteiger partial charge in [0.25, 0.3) is 0 Å². The number of nitrogens with zero attached hydrogens (tertiary/aromatic N) is 3. The number of carbonyl (C=O) groups excluding carboxylic acids is 2. The van der Waals surface area contributed by atoms with Crippen molar-refractivity contribution >= 4 is 23.9 Å². The molecule has 0 spiro atoms. The van der Waals surface area contributed by atoms with Crippen LogP contribution in [-0.4, -0.2) is 51.6 Å². The van der Waals surface area contributed by atoms with Crippen molar-refractivity contribution in [1.29, 1.82) is 0 Å². The number of aromatic nitrogens is 3. The van der Waals surface area contributed by atoms with Crippen LogP contribution in [0, 0.1) is 17.6 Å². The Kier molecular flexibility index (Phi) is 6.50. The molecule has 1 amide bonds. The lowest BCUT2D eigenvalue weighted by Crippen LogP contribution is -2.41. The summed E-state index contributed by atoms with van der Waals surface area (Å²) < 4.78 is 7.30. The smallest absolute Gasteiger partial charge is 0.242 e. The number of ketones is 1. The van der Waals surface area contributed by atoms with Crippen LogP contribution in [0.4, 0.5) is 0 Å². The normalized spacial score (nSPS) is 14.4. The van der Waals surface area contributed by atoms with Gasteiger partial charge in [0, 0.05) is 30.1 Å². The maximum atomic E-state index is 13.0. The van der Waals surface area contributed by atoms with Gasteiger partial charge in [-0.05, 0) is 56.2 Å². The Bertz CT molecular complexity index is 1160. The molecule has 4 rings (SSSR count). The largest absolute Gasteiger partial charge is 0.497 e. The SMILES string of the molecule is COc1ccc(C(=O)C2CCN(C(=O)Cn3c(-c4ccc(C)cc4)n[nH]c3=S)CC2)cc1. The Balaban J connectivity index is 1.39. The second kappa shape index (κ2) is 9.48. The van der Waals surface area contributed by atoms with E-state index in [1.54, 1.807) is 35.9 Å². The van der Waals surface area contributed by atoms with Gasteiger partial charge in [-0.25, -0.2) is 0 Å². The average molecular weight is 451 g/mol. The van der Waals surface area contributed by atoms with Crippen LogP contribution in [0.3, 0.4) is 0 Å². The minimum Gasteiger partial charge on any atom is -0.497 e. The number of Topliss-reactive ketones (excluding diaryl/α,β-unsaturated/α-hetero) is 1. The molecule has 0 atom stereocenters. The summed E-state index contributed by atoms with van der Waals surface area (Å²) >= 11 is 5.36. The highest BCUT2D eigenvalue weighted by molar-refractivity contribution is 7.71. The highest BCUT2D eigenvalue weighted by Gasteiger charge is 2.28. The number of H-pyrrole nitrogens is 1. The predicted octanol–water partition coefficient (Wildman–Crippen LogP) is 4.05. The minimum atomic E-state index is -0.0772. The van der Waals surface area contributed by atoms with Gasteiger partial charge < -0.3 is 9.64 Å². The van der Waals surface area contributed by atoms with Crippen molar-refractivity contribution in [3.8, 4) is 17.1 Å². The number of aryl methyl sites for hydroxylation is 1. The molecular formula is C24H26N4O3S. The summed E-state index contributed by atoms with van der Waals surface area (Å²) in [7, 11) is 1.60. The number of amides is 1. The van der Waals surface area contributed by atoms with Crippen molar-refractivity contribution in [2.45, 2.75) is 26.3 Å². The van der Waals surface area contributed by atoms with Gasteiger partial charge >= 0.3 is 0 Å². The Hall–Kier alpha value is -3.26. The number of nitrogens with one attached hydrogen (secondary N) is 1. The standard InChI is InChI=1S/C24H26N4O3S/c1-16-3-5-19(6-4-16)23-25-26-24(32)28(23)15-21(29)27-13-11-18(12-14-27)22(30)17-7-9-20(31-2)10-8-17/h3-10,18H,11-15H2,1-2H3,(H,26,32). The molecule has 0 bridgehead atoms. The molecule has 7 nitrogen and oxygen atoms in total. The first-order valence-electron chi connectivity index (χ1n) is 10.6. The van der Waals surface area contributed by atoms with Crippen molar-refractivity contribution in [3.05, 3.63) is 64.4 Å². The third-order valence-corrected chi connectivity index (χ3v) is 6.27. The van der Waals surface area contributed by atoms with Crippen molar-refractivity contribution in [1.82, 2.24) is 19.7 Å². The number of piperidine rings is 1. The number of rotatable bonds is 6. The van der Waals surface area contributed by atoms with Crippen LogP contribution in [0.25, 0.3) is 11.4 Å². The molecule has 1 N–H and O–H groups in total. The zero-order chi connectivity index (χ0) is 22.7. The van der Waals surface area contributed by atoms with E-state index in [-0.39, 0.29) is 24.2 Å². The van der Waals surface area contributed by atoms with Gasteiger partial charge in [0.1, 0.15) is 12.3 Å². The van der Waals surface area contributed by atoms with Crippen molar-refractivity contribution in [2.75, 3.05) is 20.2 Å². The fourth-order valence-electron chi connectivity index (χ4n) is 4.00. The van der Waals surface area contributed by atoms with Crippen molar-refractivity contribution in [2.24, 2.45) is 5.92 Å². The topological polar surface area (TPSA) is 80.2 Å². The fourth-order valence-corrected chi connectivity index (χ4v) is 4.20. The molecule has 2 heterocycles. The zero-order valence-corrected chi connectivity index (χ0v) is 19.0.